The second kappa shape index (κ2) is 7.09. The van der Waals surface area contributed by atoms with E-state index in [0.717, 1.165) is 17.1 Å². The summed E-state index contributed by atoms with van der Waals surface area (Å²) in [5.74, 6) is 1.66. The van der Waals surface area contributed by atoms with E-state index < -0.39 is 0 Å². The van der Waals surface area contributed by atoms with E-state index in [2.05, 4.69) is 20.4 Å². The highest BCUT2D eigenvalue weighted by molar-refractivity contribution is 5.33. The Bertz CT molecular complexity index is 573. The summed E-state index contributed by atoms with van der Waals surface area (Å²) in [4.78, 5) is 0. The first kappa shape index (κ1) is 15.3. The van der Waals surface area contributed by atoms with Gasteiger partial charge in [0.2, 0.25) is 0 Å². The maximum atomic E-state index is 5.82. The number of benzene rings is 2. The van der Waals surface area contributed by atoms with Gasteiger partial charge in [0.05, 0.1) is 13.2 Å². The molecule has 0 aromatic heterocycles. The highest BCUT2D eigenvalue weighted by Crippen LogP contribution is 2.23. The van der Waals surface area contributed by atoms with Gasteiger partial charge in [0.25, 0.3) is 0 Å². The van der Waals surface area contributed by atoms with Gasteiger partial charge in [-0.15, -0.1) is 6.58 Å². The SMILES string of the molecule is C=CC(C)(C)COCc1cccc(Oc2ccccc2)c1. The van der Waals surface area contributed by atoms with Crippen LogP contribution in [-0.2, 0) is 11.3 Å². The van der Waals surface area contributed by atoms with E-state index in [1.54, 1.807) is 0 Å². The molecule has 2 heteroatoms. The molecule has 0 amide bonds. The molecule has 110 valence electrons. The van der Waals surface area contributed by atoms with Crippen LogP contribution >= 0.6 is 0 Å². The number of para-hydroxylation sites is 1. The zero-order valence-corrected chi connectivity index (χ0v) is 12.7. The molecule has 0 N–H and O–H groups in total. The molecule has 2 aromatic rings. The van der Waals surface area contributed by atoms with E-state index in [4.69, 9.17) is 9.47 Å². The lowest BCUT2D eigenvalue weighted by atomic mass is 9.95. The van der Waals surface area contributed by atoms with Crippen LogP contribution in [0.1, 0.15) is 19.4 Å². The smallest absolute Gasteiger partial charge is 0.127 e. The van der Waals surface area contributed by atoms with Crippen molar-refractivity contribution in [2.75, 3.05) is 6.61 Å². The highest BCUT2D eigenvalue weighted by atomic mass is 16.5. The Kier molecular flexibility index (Phi) is 5.18. The van der Waals surface area contributed by atoms with E-state index in [1.165, 1.54) is 0 Å². The molecule has 0 heterocycles. The first-order valence-corrected chi connectivity index (χ1v) is 7.12. The quantitative estimate of drug-likeness (QED) is 0.649. The van der Waals surface area contributed by atoms with Crippen molar-refractivity contribution in [3.8, 4) is 11.5 Å². The molecule has 0 aliphatic carbocycles. The molecule has 2 aromatic carbocycles. The summed E-state index contributed by atoms with van der Waals surface area (Å²) < 4.78 is 11.6. The van der Waals surface area contributed by atoms with Crippen molar-refractivity contribution in [2.24, 2.45) is 5.41 Å². The van der Waals surface area contributed by atoms with Crippen LogP contribution in [0, 0.1) is 5.41 Å². The molecule has 0 atom stereocenters. The third kappa shape index (κ3) is 5.09. The van der Waals surface area contributed by atoms with Crippen LogP contribution in [0.5, 0.6) is 11.5 Å². The summed E-state index contributed by atoms with van der Waals surface area (Å²) in [6.45, 7) is 9.26. The molecule has 0 radical (unpaired) electrons. The van der Waals surface area contributed by atoms with E-state index in [1.807, 2.05) is 60.7 Å². The Morgan fingerprint density at radius 2 is 1.71 bits per heavy atom. The fraction of sp³-hybridized carbons (Fsp3) is 0.263. The summed E-state index contributed by atoms with van der Waals surface area (Å²) in [5, 5.41) is 0. The highest BCUT2D eigenvalue weighted by Gasteiger charge is 2.12. The van der Waals surface area contributed by atoms with Gasteiger partial charge < -0.3 is 9.47 Å². The fourth-order valence-corrected chi connectivity index (χ4v) is 1.81. The van der Waals surface area contributed by atoms with Gasteiger partial charge in [-0.3, -0.25) is 0 Å². The molecule has 0 unspecified atom stereocenters. The average Bonchev–Trinajstić information content (AvgIpc) is 2.48. The third-order valence-electron chi connectivity index (χ3n) is 3.17. The second-order valence-electron chi connectivity index (χ2n) is 5.75. The number of hydrogen-bond donors (Lipinski definition) is 0. The Balaban J connectivity index is 1.93. The van der Waals surface area contributed by atoms with Crippen molar-refractivity contribution in [2.45, 2.75) is 20.5 Å². The minimum Gasteiger partial charge on any atom is -0.457 e. The first-order valence-electron chi connectivity index (χ1n) is 7.12. The summed E-state index contributed by atoms with van der Waals surface area (Å²) in [5.41, 5.74) is 1.10. The summed E-state index contributed by atoms with van der Waals surface area (Å²) in [6.07, 6.45) is 1.92. The lowest BCUT2D eigenvalue weighted by Crippen LogP contribution is -2.15. The lowest BCUT2D eigenvalue weighted by Gasteiger charge is -2.19. The van der Waals surface area contributed by atoms with Gasteiger partial charge in [0.1, 0.15) is 11.5 Å². The average molecular weight is 282 g/mol. The maximum Gasteiger partial charge on any atom is 0.127 e. The Morgan fingerprint density at radius 3 is 2.43 bits per heavy atom. The van der Waals surface area contributed by atoms with E-state index in [0.29, 0.717) is 13.2 Å². The minimum absolute atomic E-state index is 0.00184. The largest absolute Gasteiger partial charge is 0.457 e. The molecule has 21 heavy (non-hydrogen) atoms. The van der Waals surface area contributed by atoms with Crippen molar-refractivity contribution in [1.82, 2.24) is 0 Å². The van der Waals surface area contributed by atoms with Crippen LogP contribution in [-0.4, -0.2) is 6.61 Å². The number of hydrogen-bond acceptors (Lipinski definition) is 2. The molecular formula is C19H22O2. The van der Waals surface area contributed by atoms with Crippen molar-refractivity contribution in [3.05, 3.63) is 72.8 Å². The Labute approximate surface area is 127 Å². The zero-order chi connectivity index (χ0) is 15.1. The molecule has 2 nitrogen and oxygen atoms in total. The lowest BCUT2D eigenvalue weighted by molar-refractivity contribution is 0.0718. The summed E-state index contributed by atoms with van der Waals surface area (Å²) >= 11 is 0. The van der Waals surface area contributed by atoms with Gasteiger partial charge >= 0.3 is 0 Å². The van der Waals surface area contributed by atoms with E-state index in [9.17, 15) is 0 Å². The van der Waals surface area contributed by atoms with Gasteiger partial charge in [-0.05, 0) is 29.8 Å². The third-order valence-corrected chi connectivity index (χ3v) is 3.17. The predicted molar refractivity (Wildman–Crippen MR) is 86.6 cm³/mol. The Morgan fingerprint density at radius 1 is 1.00 bits per heavy atom. The van der Waals surface area contributed by atoms with Crippen LogP contribution in [0.4, 0.5) is 0 Å². The second-order valence-corrected chi connectivity index (χ2v) is 5.75. The van der Waals surface area contributed by atoms with Gasteiger partial charge in [0.15, 0.2) is 0 Å². The van der Waals surface area contributed by atoms with E-state index in [-0.39, 0.29) is 5.41 Å². The van der Waals surface area contributed by atoms with Crippen LogP contribution < -0.4 is 4.74 Å². The predicted octanol–water partition coefficient (Wildman–Crippen LogP) is 5.21. The zero-order valence-electron chi connectivity index (χ0n) is 12.7. The molecule has 0 saturated heterocycles. The molecule has 0 aliphatic heterocycles. The number of ether oxygens (including phenoxy) is 2. The maximum absolute atomic E-state index is 5.82. The van der Waals surface area contributed by atoms with Crippen LogP contribution in [0.3, 0.4) is 0 Å². The monoisotopic (exact) mass is 282 g/mol. The van der Waals surface area contributed by atoms with Gasteiger partial charge in [-0.2, -0.15) is 0 Å². The molecule has 0 saturated carbocycles. The topological polar surface area (TPSA) is 18.5 Å². The normalized spacial score (nSPS) is 11.1. The van der Waals surface area contributed by atoms with Gasteiger partial charge in [-0.25, -0.2) is 0 Å². The molecule has 0 spiro atoms. The summed E-state index contributed by atoms with van der Waals surface area (Å²) in [7, 11) is 0. The van der Waals surface area contributed by atoms with Crippen molar-refractivity contribution < 1.29 is 9.47 Å². The molecular weight excluding hydrogens is 260 g/mol. The molecule has 2 rings (SSSR count). The standard InChI is InChI=1S/C19H22O2/c1-4-19(2,3)15-20-14-16-9-8-12-18(13-16)21-17-10-6-5-7-11-17/h4-13H,1,14-15H2,2-3H3. The minimum atomic E-state index is -0.00184. The molecule has 0 aliphatic rings. The summed E-state index contributed by atoms with van der Waals surface area (Å²) in [6, 6.07) is 17.7. The van der Waals surface area contributed by atoms with E-state index >= 15 is 0 Å². The van der Waals surface area contributed by atoms with Gasteiger partial charge in [0, 0.05) is 5.41 Å². The van der Waals surface area contributed by atoms with Crippen LogP contribution in [0.15, 0.2) is 67.3 Å². The fourth-order valence-electron chi connectivity index (χ4n) is 1.81. The van der Waals surface area contributed by atoms with Crippen molar-refractivity contribution in [1.29, 1.82) is 0 Å². The van der Waals surface area contributed by atoms with Gasteiger partial charge in [-0.1, -0.05) is 50.3 Å². The van der Waals surface area contributed by atoms with Crippen molar-refractivity contribution >= 4 is 0 Å². The number of rotatable bonds is 7. The first-order chi connectivity index (χ1) is 10.1. The molecule has 0 bridgehead atoms. The van der Waals surface area contributed by atoms with Crippen LogP contribution in [0.25, 0.3) is 0 Å². The Hall–Kier alpha value is -2.06. The van der Waals surface area contributed by atoms with Crippen LogP contribution in [0.2, 0.25) is 0 Å². The molecule has 0 fully saturated rings. The van der Waals surface area contributed by atoms with Crippen molar-refractivity contribution in [3.63, 3.8) is 0 Å².